The zero-order chi connectivity index (χ0) is 18.5. The number of carbonyl (C=O) groups excluding carboxylic acids is 1. The highest BCUT2D eigenvalue weighted by Gasteiger charge is 2.10. The Labute approximate surface area is 153 Å². The van der Waals surface area contributed by atoms with Crippen molar-refractivity contribution in [2.75, 3.05) is 10.6 Å². The average molecular weight is 346 g/mol. The van der Waals surface area contributed by atoms with Crippen molar-refractivity contribution in [1.82, 2.24) is 10.2 Å². The SMILES string of the molecule is Cc1ccc(C)c(NC(=O)c2ccc(NCc3ccccc3C)nn2)c1. The van der Waals surface area contributed by atoms with Gasteiger partial charge in [-0.2, -0.15) is 0 Å². The number of aryl methyl sites for hydroxylation is 3. The van der Waals surface area contributed by atoms with Crippen LogP contribution in [0.5, 0.6) is 0 Å². The van der Waals surface area contributed by atoms with Gasteiger partial charge in [0.1, 0.15) is 5.82 Å². The molecule has 0 bridgehead atoms. The van der Waals surface area contributed by atoms with Crippen LogP contribution in [0.1, 0.15) is 32.7 Å². The summed E-state index contributed by atoms with van der Waals surface area (Å²) < 4.78 is 0. The van der Waals surface area contributed by atoms with Gasteiger partial charge in [-0.15, -0.1) is 10.2 Å². The van der Waals surface area contributed by atoms with Crippen molar-refractivity contribution in [2.24, 2.45) is 0 Å². The first-order chi connectivity index (χ1) is 12.5. The minimum atomic E-state index is -0.267. The molecule has 0 fully saturated rings. The lowest BCUT2D eigenvalue weighted by Crippen LogP contribution is -2.15. The van der Waals surface area contributed by atoms with Gasteiger partial charge in [-0.25, -0.2) is 0 Å². The Morgan fingerprint density at radius 2 is 1.73 bits per heavy atom. The molecule has 0 radical (unpaired) electrons. The molecule has 0 saturated carbocycles. The summed E-state index contributed by atoms with van der Waals surface area (Å²) in [6, 6.07) is 17.5. The van der Waals surface area contributed by atoms with Crippen LogP contribution in [0.15, 0.2) is 54.6 Å². The van der Waals surface area contributed by atoms with Gasteiger partial charge in [0.25, 0.3) is 5.91 Å². The first kappa shape index (κ1) is 17.6. The highest BCUT2D eigenvalue weighted by atomic mass is 16.1. The molecule has 0 aliphatic rings. The summed E-state index contributed by atoms with van der Waals surface area (Å²) in [5, 5.41) is 14.3. The van der Waals surface area contributed by atoms with Gasteiger partial charge in [-0.3, -0.25) is 4.79 Å². The molecule has 0 aliphatic carbocycles. The average Bonchev–Trinajstić information content (AvgIpc) is 2.64. The van der Waals surface area contributed by atoms with Gasteiger partial charge in [0.15, 0.2) is 5.69 Å². The van der Waals surface area contributed by atoms with E-state index in [1.165, 1.54) is 11.1 Å². The fourth-order valence-electron chi connectivity index (χ4n) is 2.60. The maximum Gasteiger partial charge on any atom is 0.276 e. The molecule has 0 unspecified atom stereocenters. The van der Waals surface area contributed by atoms with E-state index >= 15 is 0 Å². The van der Waals surface area contributed by atoms with E-state index < -0.39 is 0 Å². The summed E-state index contributed by atoms with van der Waals surface area (Å²) in [6.45, 7) is 6.68. The van der Waals surface area contributed by atoms with Crippen LogP contribution in [0.25, 0.3) is 0 Å². The summed E-state index contributed by atoms with van der Waals surface area (Å²) in [4.78, 5) is 12.4. The third-order valence-electron chi connectivity index (χ3n) is 4.26. The molecule has 1 amide bonds. The maximum atomic E-state index is 12.4. The highest BCUT2D eigenvalue weighted by molar-refractivity contribution is 6.03. The number of aromatic nitrogens is 2. The van der Waals surface area contributed by atoms with E-state index in [4.69, 9.17) is 0 Å². The number of nitrogens with one attached hydrogen (secondary N) is 2. The number of rotatable bonds is 5. The van der Waals surface area contributed by atoms with E-state index in [2.05, 4.69) is 39.9 Å². The lowest BCUT2D eigenvalue weighted by Gasteiger charge is -2.10. The summed E-state index contributed by atoms with van der Waals surface area (Å²) >= 11 is 0. The standard InChI is InChI=1S/C21H22N4O/c1-14-8-9-16(3)19(12-14)23-21(26)18-10-11-20(25-24-18)22-13-17-7-5-4-6-15(17)2/h4-12H,13H2,1-3H3,(H,22,25)(H,23,26). The van der Waals surface area contributed by atoms with Gasteiger partial charge in [0, 0.05) is 12.2 Å². The lowest BCUT2D eigenvalue weighted by molar-refractivity contribution is 0.102. The van der Waals surface area contributed by atoms with Crippen LogP contribution in [0.2, 0.25) is 0 Å². The number of amides is 1. The molecule has 26 heavy (non-hydrogen) atoms. The van der Waals surface area contributed by atoms with Crippen molar-refractivity contribution in [3.63, 3.8) is 0 Å². The van der Waals surface area contributed by atoms with E-state index in [0.717, 1.165) is 16.8 Å². The van der Waals surface area contributed by atoms with E-state index in [0.29, 0.717) is 12.4 Å². The summed E-state index contributed by atoms with van der Waals surface area (Å²) in [7, 11) is 0. The fraction of sp³-hybridized carbons (Fsp3) is 0.190. The fourth-order valence-corrected chi connectivity index (χ4v) is 2.60. The minimum Gasteiger partial charge on any atom is -0.364 e. The van der Waals surface area contributed by atoms with E-state index in [1.807, 2.05) is 44.2 Å². The second-order valence-electron chi connectivity index (χ2n) is 6.36. The van der Waals surface area contributed by atoms with E-state index in [-0.39, 0.29) is 11.6 Å². The van der Waals surface area contributed by atoms with Gasteiger partial charge < -0.3 is 10.6 Å². The molecule has 3 rings (SSSR count). The molecule has 0 spiro atoms. The molecule has 0 aliphatic heterocycles. The van der Waals surface area contributed by atoms with Crippen LogP contribution >= 0.6 is 0 Å². The first-order valence-electron chi connectivity index (χ1n) is 8.53. The van der Waals surface area contributed by atoms with Crippen molar-refractivity contribution in [1.29, 1.82) is 0 Å². The van der Waals surface area contributed by atoms with E-state index in [1.54, 1.807) is 12.1 Å². The van der Waals surface area contributed by atoms with Crippen molar-refractivity contribution in [3.8, 4) is 0 Å². The quantitative estimate of drug-likeness (QED) is 0.724. The zero-order valence-corrected chi connectivity index (χ0v) is 15.2. The third-order valence-corrected chi connectivity index (χ3v) is 4.26. The molecule has 2 aromatic carbocycles. The Balaban J connectivity index is 1.64. The van der Waals surface area contributed by atoms with Crippen LogP contribution in [0, 0.1) is 20.8 Å². The first-order valence-corrected chi connectivity index (χ1v) is 8.53. The normalized spacial score (nSPS) is 10.4. The number of nitrogens with zero attached hydrogens (tertiary/aromatic N) is 2. The molecular formula is C21H22N4O. The Hall–Kier alpha value is -3.21. The largest absolute Gasteiger partial charge is 0.364 e. The number of carbonyl (C=O) groups is 1. The molecule has 5 heteroatoms. The van der Waals surface area contributed by atoms with Crippen LogP contribution in [-0.4, -0.2) is 16.1 Å². The van der Waals surface area contributed by atoms with Crippen molar-refractivity contribution in [2.45, 2.75) is 27.3 Å². The second-order valence-corrected chi connectivity index (χ2v) is 6.36. The number of benzene rings is 2. The Morgan fingerprint density at radius 3 is 2.46 bits per heavy atom. The topological polar surface area (TPSA) is 66.9 Å². The highest BCUT2D eigenvalue weighted by Crippen LogP contribution is 2.17. The molecular weight excluding hydrogens is 324 g/mol. The molecule has 5 nitrogen and oxygen atoms in total. The lowest BCUT2D eigenvalue weighted by atomic mass is 10.1. The van der Waals surface area contributed by atoms with Crippen molar-refractivity contribution >= 4 is 17.4 Å². The molecule has 1 heterocycles. The summed E-state index contributed by atoms with van der Waals surface area (Å²) in [5.41, 5.74) is 5.59. The monoisotopic (exact) mass is 346 g/mol. The summed E-state index contributed by atoms with van der Waals surface area (Å²) in [5.74, 6) is 0.369. The minimum absolute atomic E-state index is 0.267. The van der Waals surface area contributed by atoms with Crippen LogP contribution in [0.3, 0.4) is 0 Å². The molecule has 2 N–H and O–H groups in total. The number of hydrogen-bond acceptors (Lipinski definition) is 4. The Morgan fingerprint density at radius 1 is 0.923 bits per heavy atom. The number of hydrogen-bond donors (Lipinski definition) is 2. The summed E-state index contributed by atoms with van der Waals surface area (Å²) in [6.07, 6.45) is 0. The predicted molar refractivity (Wildman–Crippen MR) is 104 cm³/mol. The van der Waals surface area contributed by atoms with Gasteiger partial charge in [-0.1, -0.05) is 36.4 Å². The van der Waals surface area contributed by atoms with Gasteiger partial charge in [0.05, 0.1) is 0 Å². The molecule has 0 atom stereocenters. The van der Waals surface area contributed by atoms with Crippen LogP contribution < -0.4 is 10.6 Å². The maximum absolute atomic E-state index is 12.4. The molecule has 132 valence electrons. The zero-order valence-electron chi connectivity index (χ0n) is 15.2. The van der Waals surface area contributed by atoms with Gasteiger partial charge in [0.2, 0.25) is 0 Å². The predicted octanol–water partition coefficient (Wildman–Crippen LogP) is 4.27. The van der Waals surface area contributed by atoms with Crippen LogP contribution in [-0.2, 0) is 6.54 Å². The van der Waals surface area contributed by atoms with Crippen molar-refractivity contribution in [3.05, 3.63) is 82.5 Å². The van der Waals surface area contributed by atoms with Crippen LogP contribution in [0.4, 0.5) is 11.5 Å². The molecule has 3 aromatic rings. The smallest absolute Gasteiger partial charge is 0.276 e. The molecule has 0 saturated heterocycles. The Bertz CT molecular complexity index is 920. The Kier molecular flexibility index (Phi) is 5.27. The number of anilines is 2. The van der Waals surface area contributed by atoms with E-state index in [9.17, 15) is 4.79 Å². The van der Waals surface area contributed by atoms with Gasteiger partial charge >= 0.3 is 0 Å². The second kappa shape index (κ2) is 7.78. The van der Waals surface area contributed by atoms with Gasteiger partial charge in [-0.05, 0) is 61.2 Å². The molecule has 1 aromatic heterocycles. The third kappa shape index (κ3) is 4.25. The van der Waals surface area contributed by atoms with Crippen molar-refractivity contribution < 1.29 is 4.79 Å².